The lowest BCUT2D eigenvalue weighted by atomic mass is 10.0. The Morgan fingerprint density at radius 2 is 2.04 bits per heavy atom. The van der Waals surface area contributed by atoms with Gasteiger partial charge in [-0.2, -0.15) is 0 Å². The summed E-state index contributed by atoms with van der Waals surface area (Å²) in [7, 11) is -2.37. The first-order valence-electron chi connectivity index (χ1n) is 7.54. The molecule has 1 amide bonds. The van der Waals surface area contributed by atoms with E-state index >= 15 is 0 Å². The fraction of sp³-hybridized carbons (Fsp3) is 0.643. The van der Waals surface area contributed by atoms with Crippen molar-refractivity contribution in [3.05, 3.63) is 17.9 Å². The number of hydrogen-bond donors (Lipinski definition) is 2. The Balaban J connectivity index is 0.00000264. The van der Waals surface area contributed by atoms with Crippen LogP contribution in [0.25, 0.3) is 0 Å². The van der Waals surface area contributed by atoms with Crippen molar-refractivity contribution in [3.63, 3.8) is 0 Å². The van der Waals surface area contributed by atoms with Crippen LogP contribution >= 0.6 is 12.4 Å². The Hall–Kier alpha value is -1.09. The first kappa shape index (κ1) is 20.0. The van der Waals surface area contributed by atoms with Gasteiger partial charge in [-0.15, -0.1) is 12.4 Å². The fourth-order valence-electron chi connectivity index (χ4n) is 2.63. The zero-order valence-electron chi connectivity index (χ0n) is 13.4. The number of carbonyl (C=O) groups excluding carboxylic acids is 1. The summed E-state index contributed by atoms with van der Waals surface area (Å²) in [6.45, 7) is 4.42. The van der Waals surface area contributed by atoms with Gasteiger partial charge in [-0.05, 0) is 51.5 Å². The number of sulfonamides is 1. The Bertz CT molecular complexity index is 611. The average molecular weight is 366 g/mol. The summed E-state index contributed by atoms with van der Waals surface area (Å²) in [5.74, 6) is -0.174. The van der Waals surface area contributed by atoms with E-state index in [-0.39, 0.29) is 35.2 Å². The number of piperidine rings is 1. The van der Waals surface area contributed by atoms with Crippen LogP contribution in [0, 0.1) is 0 Å². The first-order chi connectivity index (χ1) is 10.5. The van der Waals surface area contributed by atoms with Crippen molar-refractivity contribution in [2.45, 2.75) is 37.3 Å². The molecule has 2 N–H and O–H groups in total. The molecule has 1 saturated heterocycles. The summed E-state index contributed by atoms with van der Waals surface area (Å²) in [4.78, 5) is 14.5. The van der Waals surface area contributed by atoms with Crippen molar-refractivity contribution in [1.82, 2.24) is 14.9 Å². The van der Waals surface area contributed by atoms with Crippen molar-refractivity contribution in [1.29, 1.82) is 0 Å². The van der Waals surface area contributed by atoms with Crippen molar-refractivity contribution in [2.75, 3.05) is 26.7 Å². The number of amides is 1. The minimum absolute atomic E-state index is 0. The predicted molar refractivity (Wildman–Crippen MR) is 89.4 cm³/mol. The second-order valence-corrected chi connectivity index (χ2v) is 7.12. The lowest BCUT2D eigenvalue weighted by Crippen LogP contribution is -2.46. The van der Waals surface area contributed by atoms with Gasteiger partial charge in [0.15, 0.2) is 5.76 Å². The average Bonchev–Trinajstić information content (AvgIpc) is 3.03. The molecule has 1 fully saturated rings. The molecular weight excluding hydrogens is 342 g/mol. The summed E-state index contributed by atoms with van der Waals surface area (Å²) >= 11 is 0. The quantitative estimate of drug-likeness (QED) is 0.790. The zero-order valence-corrected chi connectivity index (χ0v) is 15.0. The van der Waals surface area contributed by atoms with Crippen molar-refractivity contribution in [3.8, 4) is 0 Å². The third-order valence-electron chi connectivity index (χ3n) is 3.80. The molecule has 2 rings (SSSR count). The maximum absolute atomic E-state index is 12.7. The largest absolute Gasteiger partial charge is 0.438 e. The number of rotatable bonds is 6. The van der Waals surface area contributed by atoms with Crippen molar-refractivity contribution >= 4 is 28.3 Å². The zero-order chi connectivity index (χ0) is 16.2. The molecule has 9 heteroatoms. The van der Waals surface area contributed by atoms with Gasteiger partial charge in [0.2, 0.25) is 5.09 Å². The number of carbonyl (C=O) groups is 1. The maximum Gasteiger partial charge on any atom is 0.289 e. The summed E-state index contributed by atoms with van der Waals surface area (Å²) in [5, 5.41) is 3.04. The van der Waals surface area contributed by atoms with Gasteiger partial charge in [0.05, 0.1) is 0 Å². The molecule has 132 valence electrons. The molecule has 0 radical (unpaired) electrons. The van der Waals surface area contributed by atoms with Crippen LogP contribution in [0.5, 0.6) is 0 Å². The van der Waals surface area contributed by atoms with Gasteiger partial charge in [-0.1, -0.05) is 6.92 Å². The lowest BCUT2D eigenvalue weighted by molar-refractivity contribution is 0.0604. The van der Waals surface area contributed by atoms with Gasteiger partial charge in [-0.25, -0.2) is 13.1 Å². The fourth-order valence-corrected chi connectivity index (χ4v) is 3.28. The van der Waals surface area contributed by atoms with Gasteiger partial charge >= 0.3 is 0 Å². The van der Waals surface area contributed by atoms with E-state index in [2.05, 4.69) is 10.0 Å². The third-order valence-corrected chi connectivity index (χ3v) is 5.09. The molecule has 2 heterocycles. The van der Waals surface area contributed by atoms with Crippen LogP contribution in [0.3, 0.4) is 0 Å². The van der Waals surface area contributed by atoms with Gasteiger partial charge in [-0.3, -0.25) is 4.79 Å². The molecule has 1 aliphatic heterocycles. The summed E-state index contributed by atoms with van der Waals surface area (Å²) in [6.07, 6.45) is 2.64. The molecule has 0 saturated carbocycles. The topological polar surface area (TPSA) is 91.7 Å². The van der Waals surface area contributed by atoms with Crippen molar-refractivity contribution in [2.24, 2.45) is 0 Å². The van der Waals surface area contributed by atoms with Crippen LogP contribution < -0.4 is 10.0 Å². The number of hydrogen-bond acceptors (Lipinski definition) is 5. The predicted octanol–water partition coefficient (Wildman–Crippen LogP) is 1.21. The normalized spacial score (nSPS) is 15.9. The summed E-state index contributed by atoms with van der Waals surface area (Å²) in [5.41, 5.74) is 0. The highest BCUT2D eigenvalue weighted by atomic mass is 35.5. The molecule has 0 aliphatic carbocycles. The van der Waals surface area contributed by atoms with Crippen LogP contribution in [0.15, 0.2) is 21.6 Å². The summed E-state index contributed by atoms with van der Waals surface area (Å²) < 4.78 is 30.8. The third kappa shape index (κ3) is 4.69. The second kappa shape index (κ2) is 8.68. The lowest BCUT2D eigenvalue weighted by Gasteiger charge is -2.34. The highest BCUT2D eigenvalue weighted by Crippen LogP contribution is 2.19. The van der Waals surface area contributed by atoms with E-state index in [9.17, 15) is 13.2 Å². The molecule has 0 aromatic carbocycles. The molecule has 7 nitrogen and oxygen atoms in total. The Morgan fingerprint density at radius 3 is 2.61 bits per heavy atom. The molecule has 0 unspecified atom stereocenters. The maximum atomic E-state index is 12.7. The van der Waals surface area contributed by atoms with Crippen LogP contribution in [0.1, 0.15) is 36.7 Å². The molecule has 1 aromatic rings. The molecule has 0 atom stereocenters. The summed E-state index contributed by atoms with van der Waals surface area (Å²) in [6, 6.07) is 2.91. The second-order valence-electron chi connectivity index (χ2n) is 5.31. The highest BCUT2D eigenvalue weighted by Gasteiger charge is 2.28. The van der Waals surface area contributed by atoms with Gasteiger partial charge in [0.1, 0.15) is 0 Å². The van der Waals surface area contributed by atoms with E-state index < -0.39 is 10.0 Å². The van der Waals surface area contributed by atoms with E-state index in [1.165, 1.54) is 19.2 Å². The van der Waals surface area contributed by atoms with Crippen LogP contribution in [0.2, 0.25) is 0 Å². The number of furan rings is 1. The van der Waals surface area contributed by atoms with Gasteiger partial charge < -0.3 is 14.6 Å². The standard InChI is InChI=1S/C14H23N3O4S.ClH/c1-3-10-17(11-6-8-16-9-7-11)14(18)12-4-5-13(21-12)22(19,20)15-2;/h4-5,11,15-16H,3,6-10H2,1-2H3;1H. The number of nitrogens with zero attached hydrogens (tertiary/aromatic N) is 1. The smallest absolute Gasteiger partial charge is 0.289 e. The molecule has 0 bridgehead atoms. The molecule has 0 spiro atoms. The van der Waals surface area contributed by atoms with E-state index in [0.29, 0.717) is 6.54 Å². The highest BCUT2D eigenvalue weighted by molar-refractivity contribution is 7.89. The Labute approximate surface area is 143 Å². The van der Waals surface area contributed by atoms with Crippen LogP contribution in [0.4, 0.5) is 0 Å². The first-order valence-corrected chi connectivity index (χ1v) is 9.03. The minimum Gasteiger partial charge on any atom is -0.438 e. The SMILES string of the molecule is CCCN(C(=O)c1ccc(S(=O)(=O)NC)o1)C1CCNCC1.Cl. The van der Waals surface area contributed by atoms with Gasteiger partial charge in [0, 0.05) is 12.6 Å². The van der Waals surface area contributed by atoms with E-state index in [4.69, 9.17) is 4.42 Å². The van der Waals surface area contributed by atoms with Gasteiger partial charge in [0.25, 0.3) is 15.9 Å². The molecule has 1 aliphatic rings. The van der Waals surface area contributed by atoms with E-state index in [1.807, 2.05) is 6.92 Å². The van der Waals surface area contributed by atoms with Crippen LogP contribution in [-0.4, -0.2) is 51.9 Å². The Kier molecular flexibility index (Phi) is 7.53. The molecular formula is C14H24ClN3O4S. The van der Waals surface area contributed by atoms with E-state index in [0.717, 1.165) is 32.4 Å². The van der Waals surface area contributed by atoms with Crippen molar-refractivity contribution < 1.29 is 17.6 Å². The monoisotopic (exact) mass is 365 g/mol. The van der Waals surface area contributed by atoms with E-state index in [1.54, 1.807) is 4.90 Å². The van der Waals surface area contributed by atoms with Crippen LogP contribution in [-0.2, 0) is 10.0 Å². The number of nitrogens with one attached hydrogen (secondary N) is 2. The minimum atomic E-state index is -3.67. The molecule has 23 heavy (non-hydrogen) atoms. The number of halogens is 1. The Morgan fingerprint density at radius 1 is 1.39 bits per heavy atom. The molecule has 1 aromatic heterocycles.